The lowest BCUT2D eigenvalue weighted by atomic mass is 10.1. The average molecular weight is 180 g/mol. The molecule has 0 saturated heterocycles. The molecule has 2 nitrogen and oxygen atoms in total. The second kappa shape index (κ2) is 4.75. The summed E-state index contributed by atoms with van der Waals surface area (Å²) in [5, 5.41) is 9.35. The van der Waals surface area contributed by atoms with Crippen molar-refractivity contribution in [1.82, 2.24) is 0 Å². The Balaban J connectivity index is 2.41. The molecule has 13 heavy (non-hydrogen) atoms. The minimum atomic E-state index is 0.214. The maximum absolute atomic E-state index is 9.35. The predicted octanol–water partition coefficient (Wildman–Crippen LogP) is 2.82. The van der Waals surface area contributed by atoms with Gasteiger partial charge < -0.3 is 9.84 Å². The lowest BCUT2D eigenvalue weighted by Gasteiger charge is -2.08. The lowest BCUT2D eigenvalue weighted by Crippen LogP contribution is -2.01. The van der Waals surface area contributed by atoms with E-state index in [1.54, 1.807) is 18.2 Å². The first-order chi connectivity index (χ1) is 6.20. The topological polar surface area (TPSA) is 29.5 Å². The third-order valence-corrected chi connectivity index (χ3v) is 1.82. The van der Waals surface area contributed by atoms with Gasteiger partial charge in [0.2, 0.25) is 0 Å². The summed E-state index contributed by atoms with van der Waals surface area (Å²) in [6.07, 6.45) is 1.01. The Morgan fingerprint density at radius 3 is 2.62 bits per heavy atom. The van der Waals surface area contributed by atoms with Crippen LogP contribution in [0.25, 0.3) is 0 Å². The van der Waals surface area contributed by atoms with Gasteiger partial charge >= 0.3 is 0 Å². The zero-order chi connectivity index (χ0) is 9.68. The van der Waals surface area contributed by atoms with Crippen molar-refractivity contribution in [1.29, 1.82) is 0 Å². The molecule has 1 rings (SSSR count). The number of rotatable bonds is 4. The third kappa shape index (κ3) is 3.36. The number of phenolic OH excluding ortho intramolecular Hbond substituents is 1. The summed E-state index contributed by atoms with van der Waals surface area (Å²) < 4.78 is 5.40. The van der Waals surface area contributed by atoms with Crippen LogP contribution in [-0.2, 0) is 0 Å². The molecule has 0 aliphatic rings. The fourth-order valence-electron chi connectivity index (χ4n) is 0.984. The van der Waals surface area contributed by atoms with Gasteiger partial charge in [0.25, 0.3) is 0 Å². The number of hydrogen-bond acceptors (Lipinski definition) is 2. The lowest BCUT2D eigenvalue weighted by molar-refractivity contribution is 0.276. The molecular weight excluding hydrogens is 164 g/mol. The van der Waals surface area contributed by atoms with Crippen molar-refractivity contribution in [2.75, 3.05) is 6.61 Å². The number of aromatic hydroxyl groups is 1. The molecule has 1 N–H and O–H groups in total. The van der Waals surface area contributed by atoms with Gasteiger partial charge in [0.05, 0.1) is 6.61 Å². The summed E-state index contributed by atoms with van der Waals surface area (Å²) in [6, 6.07) is 7.04. The molecule has 0 aliphatic heterocycles. The van der Waals surface area contributed by atoms with Crippen LogP contribution in [0.1, 0.15) is 20.3 Å². The predicted molar refractivity (Wildman–Crippen MR) is 53.1 cm³/mol. The zero-order valence-corrected chi connectivity index (χ0v) is 8.16. The van der Waals surface area contributed by atoms with E-state index in [1.165, 1.54) is 0 Å². The second-order valence-electron chi connectivity index (χ2n) is 3.50. The van der Waals surface area contributed by atoms with Crippen LogP contribution in [0.2, 0.25) is 0 Å². The first kappa shape index (κ1) is 9.90. The summed E-state index contributed by atoms with van der Waals surface area (Å²) in [7, 11) is 0. The largest absolute Gasteiger partial charge is 0.504 e. The first-order valence-electron chi connectivity index (χ1n) is 4.61. The van der Waals surface area contributed by atoms with Crippen molar-refractivity contribution in [3.8, 4) is 11.5 Å². The maximum Gasteiger partial charge on any atom is 0.160 e. The van der Waals surface area contributed by atoms with Gasteiger partial charge in [-0.2, -0.15) is 0 Å². The number of hydrogen-bond donors (Lipinski definition) is 1. The van der Waals surface area contributed by atoms with Gasteiger partial charge in [-0.15, -0.1) is 0 Å². The molecule has 0 unspecified atom stereocenters. The summed E-state index contributed by atoms with van der Waals surface area (Å²) in [4.78, 5) is 0. The van der Waals surface area contributed by atoms with Crippen LogP contribution < -0.4 is 4.74 Å². The van der Waals surface area contributed by atoms with Crippen LogP contribution in [0, 0.1) is 5.92 Å². The molecule has 0 heterocycles. The van der Waals surface area contributed by atoms with E-state index < -0.39 is 0 Å². The molecule has 72 valence electrons. The van der Waals surface area contributed by atoms with Crippen molar-refractivity contribution >= 4 is 0 Å². The van der Waals surface area contributed by atoms with Gasteiger partial charge in [-0.25, -0.2) is 0 Å². The van der Waals surface area contributed by atoms with Crippen LogP contribution in [0.4, 0.5) is 0 Å². The molecule has 1 aromatic carbocycles. The molecule has 0 fully saturated rings. The molecule has 0 aromatic heterocycles. The quantitative estimate of drug-likeness (QED) is 0.772. The van der Waals surface area contributed by atoms with Crippen LogP contribution in [0.15, 0.2) is 24.3 Å². The molecular formula is C11H16O2. The highest BCUT2D eigenvalue weighted by Crippen LogP contribution is 2.24. The Hall–Kier alpha value is -1.18. The van der Waals surface area contributed by atoms with E-state index in [9.17, 15) is 5.11 Å². The minimum Gasteiger partial charge on any atom is -0.504 e. The van der Waals surface area contributed by atoms with Crippen molar-refractivity contribution < 1.29 is 9.84 Å². The van der Waals surface area contributed by atoms with Gasteiger partial charge in [0.15, 0.2) is 11.5 Å². The Labute approximate surface area is 79.2 Å². The summed E-state index contributed by atoms with van der Waals surface area (Å²) >= 11 is 0. The van der Waals surface area contributed by atoms with Gasteiger partial charge in [0, 0.05) is 0 Å². The van der Waals surface area contributed by atoms with E-state index in [0.29, 0.717) is 18.3 Å². The van der Waals surface area contributed by atoms with E-state index in [2.05, 4.69) is 13.8 Å². The number of phenols is 1. The summed E-state index contributed by atoms with van der Waals surface area (Å²) in [5.74, 6) is 1.42. The van der Waals surface area contributed by atoms with Gasteiger partial charge in [-0.05, 0) is 24.5 Å². The smallest absolute Gasteiger partial charge is 0.160 e. The number of ether oxygens (including phenoxy) is 1. The fourth-order valence-corrected chi connectivity index (χ4v) is 0.984. The van der Waals surface area contributed by atoms with Crippen molar-refractivity contribution in [3.63, 3.8) is 0 Å². The van der Waals surface area contributed by atoms with Crippen molar-refractivity contribution in [3.05, 3.63) is 24.3 Å². The van der Waals surface area contributed by atoms with E-state index in [1.807, 2.05) is 6.07 Å². The monoisotopic (exact) mass is 180 g/mol. The van der Waals surface area contributed by atoms with E-state index in [-0.39, 0.29) is 5.75 Å². The van der Waals surface area contributed by atoms with E-state index in [0.717, 1.165) is 6.42 Å². The highest BCUT2D eigenvalue weighted by Gasteiger charge is 2.00. The Morgan fingerprint density at radius 1 is 1.31 bits per heavy atom. The second-order valence-corrected chi connectivity index (χ2v) is 3.50. The fraction of sp³-hybridized carbons (Fsp3) is 0.455. The molecule has 0 bridgehead atoms. The van der Waals surface area contributed by atoms with Crippen LogP contribution in [0.3, 0.4) is 0 Å². The molecule has 0 aliphatic carbocycles. The van der Waals surface area contributed by atoms with E-state index in [4.69, 9.17) is 4.74 Å². The molecule has 0 atom stereocenters. The standard InChI is InChI=1S/C11H16O2/c1-9(2)7-8-13-11-6-4-3-5-10(11)12/h3-6,9,12H,7-8H2,1-2H3. The molecule has 0 spiro atoms. The Bertz CT molecular complexity index is 256. The van der Waals surface area contributed by atoms with Crippen molar-refractivity contribution in [2.24, 2.45) is 5.92 Å². The summed E-state index contributed by atoms with van der Waals surface area (Å²) in [5.41, 5.74) is 0. The number of para-hydroxylation sites is 2. The van der Waals surface area contributed by atoms with Crippen LogP contribution in [0.5, 0.6) is 11.5 Å². The van der Waals surface area contributed by atoms with Crippen LogP contribution in [-0.4, -0.2) is 11.7 Å². The van der Waals surface area contributed by atoms with Gasteiger partial charge in [-0.1, -0.05) is 26.0 Å². The van der Waals surface area contributed by atoms with Gasteiger partial charge in [0.1, 0.15) is 0 Å². The molecule has 0 radical (unpaired) electrons. The highest BCUT2D eigenvalue weighted by atomic mass is 16.5. The average Bonchev–Trinajstić information content (AvgIpc) is 2.08. The molecule has 0 saturated carbocycles. The maximum atomic E-state index is 9.35. The van der Waals surface area contributed by atoms with Gasteiger partial charge in [-0.3, -0.25) is 0 Å². The molecule has 1 aromatic rings. The minimum absolute atomic E-state index is 0.214. The molecule has 2 heteroatoms. The number of benzene rings is 1. The molecule has 0 amide bonds. The Kier molecular flexibility index (Phi) is 3.62. The SMILES string of the molecule is CC(C)CCOc1ccccc1O. The van der Waals surface area contributed by atoms with E-state index >= 15 is 0 Å². The normalized spacial score (nSPS) is 10.4. The first-order valence-corrected chi connectivity index (χ1v) is 4.61. The summed E-state index contributed by atoms with van der Waals surface area (Å²) in [6.45, 7) is 4.96. The van der Waals surface area contributed by atoms with Crippen LogP contribution >= 0.6 is 0 Å². The highest BCUT2D eigenvalue weighted by molar-refractivity contribution is 5.37. The van der Waals surface area contributed by atoms with Crippen molar-refractivity contribution in [2.45, 2.75) is 20.3 Å². The zero-order valence-electron chi connectivity index (χ0n) is 8.16. The third-order valence-electron chi connectivity index (χ3n) is 1.82. The Morgan fingerprint density at radius 2 is 2.00 bits per heavy atom.